The van der Waals surface area contributed by atoms with Gasteiger partial charge in [0.2, 0.25) is 0 Å². The maximum absolute atomic E-state index is 13.5. The molecular weight excluding hydrogens is 329 g/mol. The van der Waals surface area contributed by atoms with E-state index in [1.807, 2.05) is 27.7 Å². The van der Waals surface area contributed by atoms with Crippen LogP contribution < -0.4 is 20.8 Å². The van der Waals surface area contributed by atoms with Crippen molar-refractivity contribution in [1.29, 1.82) is 0 Å². The zero-order valence-corrected chi connectivity index (χ0v) is 15.4. The highest BCUT2D eigenvalue weighted by atomic mass is 19.3. The van der Waals surface area contributed by atoms with Gasteiger partial charge in [-0.25, -0.2) is 8.78 Å². The molecule has 0 aliphatic carbocycles. The van der Waals surface area contributed by atoms with Crippen molar-refractivity contribution in [3.63, 3.8) is 0 Å². The van der Waals surface area contributed by atoms with Crippen LogP contribution >= 0.6 is 0 Å². The number of benzene rings is 1. The largest absolute Gasteiger partial charge is 0.498 e. The van der Waals surface area contributed by atoms with E-state index >= 15 is 0 Å². The molecule has 8 heteroatoms. The predicted molar refractivity (Wildman–Crippen MR) is 94.9 cm³/mol. The number of nitrogen functional groups attached to an aromatic ring is 1. The number of anilines is 2. The van der Waals surface area contributed by atoms with E-state index in [2.05, 4.69) is 0 Å². The first-order chi connectivity index (χ1) is 11.5. The molecule has 2 saturated heterocycles. The van der Waals surface area contributed by atoms with E-state index in [9.17, 15) is 8.78 Å². The van der Waals surface area contributed by atoms with Gasteiger partial charge in [0.1, 0.15) is 5.75 Å². The number of nitrogens with two attached hydrogens (primary N) is 1. The molecule has 0 saturated carbocycles. The van der Waals surface area contributed by atoms with Gasteiger partial charge < -0.3 is 24.7 Å². The summed E-state index contributed by atoms with van der Waals surface area (Å²) >= 11 is 0. The van der Waals surface area contributed by atoms with Crippen molar-refractivity contribution in [2.75, 3.05) is 30.8 Å². The van der Waals surface area contributed by atoms with Crippen LogP contribution in [0.1, 0.15) is 34.1 Å². The highest BCUT2D eigenvalue weighted by Gasteiger charge is 2.52. The molecule has 2 aliphatic heterocycles. The summed E-state index contributed by atoms with van der Waals surface area (Å²) < 4.78 is 44.7. The molecule has 0 spiro atoms. The fraction of sp³-hybridized carbons (Fsp3) is 0.647. The Kier molecular flexibility index (Phi) is 4.19. The Balaban J connectivity index is 1.94. The summed E-state index contributed by atoms with van der Waals surface area (Å²) in [4.78, 5) is 1.59. The molecule has 2 fully saturated rings. The van der Waals surface area contributed by atoms with Crippen LogP contribution in [0, 0.1) is 0 Å². The Labute approximate surface area is 147 Å². The molecular formula is C17H25BF2N2O3. The lowest BCUT2D eigenvalue weighted by atomic mass is 9.77. The van der Waals surface area contributed by atoms with Crippen LogP contribution in [0.3, 0.4) is 0 Å². The van der Waals surface area contributed by atoms with E-state index in [0.29, 0.717) is 22.6 Å². The molecule has 0 atom stereocenters. The third kappa shape index (κ3) is 3.17. The summed E-state index contributed by atoms with van der Waals surface area (Å²) in [7, 11) is 0.902. The zero-order chi connectivity index (χ0) is 18.6. The van der Waals surface area contributed by atoms with Crippen molar-refractivity contribution < 1.29 is 22.8 Å². The van der Waals surface area contributed by atoms with Gasteiger partial charge in [-0.3, -0.25) is 0 Å². The second-order valence-electron chi connectivity index (χ2n) is 7.77. The van der Waals surface area contributed by atoms with Gasteiger partial charge in [-0.1, -0.05) is 0 Å². The Morgan fingerprint density at radius 3 is 2.24 bits per heavy atom. The molecule has 1 aromatic carbocycles. The standard InChI is InChI=1S/C17H25BF2N2O3/c1-15(2)16(3,4)25-18(24-15)11-8-12(21)13(9-14(11)23-5)22-7-6-17(19,20)10-22/h8-9H,6-7,10,21H2,1-5H3. The molecule has 0 radical (unpaired) electrons. The minimum Gasteiger partial charge on any atom is -0.497 e. The number of halogens is 2. The maximum atomic E-state index is 13.5. The van der Waals surface area contributed by atoms with Crippen molar-refractivity contribution in [2.24, 2.45) is 0 Å². The SMILES string of the molecule is COc1cc(N2CCC(F)(F)C2)c(N)cc1B1OC(C)(C)C(C)(C)O1. The molecule has 3 rings (SSSR count). The summed E-state index contributed by atoms with van der Waals surface area (Å²) in [6.45, 7) is 7.77. The van der Waals surface area contributed by atoms with Gasteiger partial charge in [0.05, 0.1) is 36.2 Å². The molecule has 0 aromatic heterocycles. The van der Waals surface area contributed by atoms with Crippen molar-refractivity contribution in [2.45, 2.75) is 51.2 Å². The van der Waals surface area contributed by atoms with Crippen LogP contribution in [-0.4, -0.2) is 44.4 Å². The van der Waals surface area contributed by atoms with Crippen LogP contribution in [-0.2, 0) is 9.31 Å². The molecule has 0 amide bonds. The molecule has 25 heavy (non-hydrogen) atoms. The van der Waals surface area contributed by atoms with E-state index in [4.69, 9.17) is 19.8 Å². The molecule has 5 nitrogen and oxygen atoms in total. The lowest BCUT2D eigenvalue weighted by molar-refractivity contribution is 0.00578. The summed E-state index contributed by atoms with van der Waals surface area (Å²) in [5, 5.41) is 0. The van der Waals surface area contributed by atoms with Crippen LogP contribution in [0.25, 0.3) is 0 Å². The number of alkyl halides is 2. The highest BCUT2D eigenvalue weighted by Crippen LogP contribution is 2.39. The number of rotatable bonds is 3. The number of methoxy groups -OCH3 is 1. The predicted octanol–water partition coefficient (Wildman–Crippen LogP) is 2.42. The topological polar surface area (TPSA) is 57.0 Å². The first-order valence-corrected chi connectivity index (χ1v) is 8.42. The summed E-state index contributed by atoms with van der Waals surface area (Å²) in [6.07, 6.45) is -0.173. The van der Waals surface area contributed by atoms with Crippen LogP contribution in [0.15, 0.2) is 12.1 Å². The molecule has 0 unspecified atom stereocenters. The van der Waals surface area contributed by atoms with E-state index in [1.54, 1.807) is 17.0 Å². The molecule has 138 valence electrons. The minimum atomic E-state index is -2.69. The Bertz CT molecular complexity index is 666. The van der Waals surface area contributed by atoms with E-state index in [0.717, 1.165) is 0 Å². The first-order valence-electron chi connectivity index (χ1n) is 8.42. The Morgan fingerprint density at radius 1 is 1.16 bits per heavy atom. The van der Waals surface area contributed by atoms with Gasteiger partial charge in [-0.2, -0.15) is 0 Å². The zero-order valence-electron chi connectivity index (χ0n) is 15.4. The third-order valence-corrected chi connectivity index (χ3v) is 5.40. The van der Waals surface area contributed by atoms with Gasteiger partial charge in [0.15, 0.2) is 0 Å². The number of hydrogen-bond acceptors (Lipinski definition) is 5. The summed E-state index contributed by atoms with van der Waals surface area (Å²) in [5.74, 6) is -2.18. The Hall–Kier alpha value is -1.54. The average molecular weight is 354 g/mol. The molecule has 2 N–H and O–H groups in total. The molecule has 1 aromatic rings. The van der Waals surface area contributed by atoms with E-state index in [1.165, 1.54) is 7.11 Å². The average Bonchev–Trinajstić information content (AvgIpc) is 2.95. The smallest absolute Gasteiger partial charge is 0.497 e. The van der Waals surface area contributed by atoms with Crippen molar-refractivity contribution in [1.82, 2.24) is 0 Å². The van der Waals surface area contributed by atoms with Gasteiger partial charge in [0, 0.05) is 24.5 Å². The minimum absolute atomic E-state index is 0.173. The summed E-state index contributed by atoms with van der Waals surface area (Å²) in [5.41, 5.74) is 6.79. The number of hydrogen-bond donors (Lipinski definition) is 1. The monoisotopic (exact) mass is 354 g/mol. The van der Waals surface area contributed by atoms with Crippen molar-refractivity contribution >= 4 is 24.0 Å². The van der Waals surface area contributed by atoms with Gasteiger partial charge in [-0.05, 0) is 33.8 Å². The van der Waals surface area contributed by atoms with Gasteiger partial charge >= 0.3 is 7.12 Å². The fourth-order valence-electron chi connectivity index (χ4n) is 3.15. The second-order valence-corrected chi connectivity index (χ2v) is 7.77. The first kappa shape index (κ1) is 18.3. The maximum Gasteiger partial charge on any atom is 0.498 e. The number of nitrogens with zero attached hydrogens (tertiary/aromatic N) is 1. The fourth-order valence-corrected chi connectivity index (χ4v) is 3.15. The second kappa shape index (κ2) is 5.74. The normalized spacial score (nSPS) is 24.0. The Morgan fingerprint density at radius 2 is 1.76 bits per heavy atom. The van der Waals surface area contributed by atoms with Crippen LogP contribution in [0.5, 0.6) is 5.75 Å². The molecule has 2 heterocycles. The molecule has 2 aliphatic rings. The van der Waals surface area contributed by atoms with Crippen LogP contribution in [0.2, 0.25) is 0 Å². The van der Waals surface area contributed by atoms with E-state index in [-0.39, 0.29) is 19.5 Å². The number of ether oxygens (including phenoxy) is 1. The van der Waals surface area contributed by atoms with E-state index < -0.39 is 24.2 Å². The quantitative estimate of drug-likeness (QED) is 0.668. The van der Waals surface area contributed by atoms with Gasteiger partial charge in [0.25, 0.3) is 5.92 Å². The summed E-state index contributed by atoms with van der Waals surface area (Å²) in [6, 6.07) is 3.39. The van der Waals surface area contributed by atoms with Crippen molar-refractivity contribution in [3.05, 3.63) is 12.1 Å². The lowest BCUT2D eigenvalue weighted by Crippen LogP contribution is -2.41. The van der Waals surface area contributed by atoms with Gasteiger partial charge in [-0.15, -0.1) is 0 Å². The van der Waals surface area contributed by atoms with Crippen molar-refractivity contribution in [3.8, 4) is 5.75 Å². The van der Waals surface area contributed by atoms with Crippen LogP contribution in [0.4, 0.5) is 20.2 Å². The molecule has 0 bridgehead atoms. The third-order valence-electron chi connectivity index (χ3n) is 5.40. The highest BCUT2D eigenvalue weighted by molar-refractivity contribution is 6.63. The lowest BCUT2D eigenvalue weighted by Gasteiger charge is -2.32.